The maximum atomic E-state index is 13.2. The number of nitrogens with zero attached hydrogens (tertiary/aromatic N) is 2. The first-order chi connectivity index (χ1) is 12.1. The van der Waals surface area contributed by atoms with Crippen LogP contribution in [0.5, 0.6) is 0 Å². The lowest BCUT2D eigenvalue weighted by Crippen LogP contribution is -2.44. The van der Waals surface area contributed by atoms with Crippen molar-refractivity contribution in [3.63, 3.8) is 0 Å². The van der Waals surface area contributed by atoms with Gasteiger partial charge in [-0.05, 0) is 37.6 Å². The third kappa shape index (κ3) is 3.49. The first-order valence-electron chi connectivity index (χ1n) is 7.34. The van der Waals surface area contributed by atoms with E-state index in [1.807, 2.05) is 0 Å². The zero-order valence-electron chi connectivity index (χ0n) is 13.8. The molecule has 1 unspecified atom stereocenters. The molecule has 26 heavy (non-hydrogen) atoms. The number of nitro groups is 1. The Morgan fingerprint density at radius 1 is 1.23 bits per heavy atom. The van der Waals surface area contributed by atoms with E-state index in [4.69, 9.17) is 11.6 Å². The number of carboxylic acids is 1. The first-order valence-corrected chi connectivity index (χ1v) is 9.16. The summed E-state index contributed by atoms with van der Waals surface area (Å²) in [5, 5.41) is 20.9. The quantitative estimate of drug-likeness (QED) is 0.589. The molecule has 1 atom stereocenters. The summed E-state index contributed by atoms with van der Waals surface area (Å²) >= 11 is 6.04. The second-order valence-corrected chi connectivity index (χ2v) is 7.61. The van der Waals surface area contributed by atoms with Gasteiger partial charge in [-0.2, -0.15) is 0 Å². The number of sulfonamides is 1. The van der Waals surface area contributed by atoms with Crippen molar-refractivity contribution in [2.24, 2.45) is 0 Å². The van der Waals surface area contributed by atoms with Gasteiger partial charge in [-0.1, -0.05) is 29.8 Å². The predicted octanol–water partition coefficient (Wildman–Crippen LogP) is 3.23. The van der Waals surface area contributed by atoms with E-state index in [1.165, 1.54) is 44.2 Å². The van der Waals surface area contributed by atoms with Crippen molar-refractivity contribution in [2.45, 2.75) is 24.8 Å². The fourth-order valence-corrected chi connectivity index (χ4v) is 4.42. The molecule has 10 heteroatoms. The number of carboxylic acid groups (broad SMARTS) is 1. The van der Waals surface area contributed by atoms with Crippen LogP contribution >= 0.6 is 11.6 Å². The summed E-state index contributed by atoms with van der Waals surface area (Å²) in [5.41, 5.74) is -0.273. The molecular weight excluding hydrogens is 384 g/mol. The summed E-state index contributed by atoms with van der Waals surface area (Å²) in [6.07, 6.45) is 0. The summed E-state index contributed by atoms with van der Waals surface area (Å²) in [7, 11) is -4.56. The van der Waals surface area contributed by atoms with E-state index in [2.05, 4.69) is 0 Å². The van der Waals surface area contributed by atoms with Crippen molar-refractivity contribution in [3.8, 4) is 0 Å². The highest BCUT2D eigenvalue weighted by molar-refractivity contribution is 7.93. The van der Waals surface area contributed by atoms with Gasteiger partial charge in [0.15, 0.2) is 4.90 Å². The van der Waals surface area contributed by atoms with Gasteiger partial charge in [0.2, 0.25) is 0 Å². The Labute approximate surface area is 154 Å². The smallest absolute Gasteiger partial charge is 0.327 e. The number of anilines is 1. The molecule has 0 aliphatic carbocycles. The van der Waals surface area contributed by atoms with E-state index in [1.54, 1.807) is 0 Å². The standard InChI is InChI=1S/C16H15ClN2O6S/c1-10-12(17)6-5-8-13(10)18(11(2)16(20)21)26(24,25)15-9-4-3-7-14(15)19(22)23/h3-9,11H,1-2H3,(H,20,21). The molecule has 2 rings (SSSR count). The molecular formula is C16H15ClN2O6S. The Balaban J connectivity index is 2.80. The third-order valence-corrected chi connectivity index (χ3v) is 6.13. The van der Waals surface area contributed by atoms with Crippen LogP contribution in [0.2, 0.25) is 5.02 Å². The molecule has 0 heterocycles. The Kier molecular flexibility index (Phi) is 5.53. The molecule has 0 aliphatic rings. The van der Waals surface area contributed by atoms with Crippen molar-refractivity contribution >= 4 is 39.0 Å². The van der Waals surface area contributed by atoms with E-state index in [0.717, 1.165) is 12.1 Å². The van der Waals surface area contributed by atoms with Crippen molar-refractivity contribution in [1.29, 1.82) is 0 Å². The van der Waals surface area contributed by atoms with Crippen molar-refractivity contribution in [2.75, 3.05) is 4.31 Å². The molecule has 138 valence electrons. The molecule has 1 N–H and O–H groups in total. The number of halogens is 1. The van der Waals surface area contributed by atoms with Gasteiger partial charge in [0.25, 0.3) is 15.7 Å². The highest BCUT2D eigenvalue weighted by Gasteiger charge is 2.38. The normalized spacial score (nSPS) is 12.4. The van der Waals surface area contributed by atoms with Crippen LogP contribution in [0.25, 0.3) is 0 Å². The highest BCUT2D eigenvalue weighted by atomic mass is 35.5. The molecule has 0 radical (unpaired) electrons. The highest BCUT2D eigenvalue weighted by Crippen LogP contribution is 2.35. The minimum atomic E-state index is -4.56. The van der Waals surface area contributed by atoms with Gasteiger partial charge >= 0.3 is 5.97 Å². The second kappa shape index (κ2) is 7.30. The molecule has 0 saturated carbocycles. The van der Waals surface area contributed by atoms with Gasteiger partial charge in [-0.15, -0.1) is 0 Å². The van der Waals surface area contributed by atoms with Gasteiger partial charge in [0.05, 0.1) is 10.6 Å². The van der Waals surface area contributed by atoms with Crippen LogP contribution in [-0.4, -0.2) is 30.5 Å². The van der Waals surface area contributed by atoms with Crippen LogP contribution in [0.3, 0.4) is 0 Å². The number of aliphatic carboxylic acids is 1. The van der Waals surface area contributed by atoms with E-state index in [0.29, 0.717) is 9.87 Å². The van der Waals surface area contributed by atoms with E-state index in [-0.39, 0.29) is 10.7 Å². The molecule has 0 aliphatic heterocycles. The number of hydrogen-bond acceptors (Lipinski definition) is 5. The van der Waals surface area contributed by atoms with Crippen LogP contribution < -0.4 is 4.31 Å². The van der Waals surface area contributed by atoms with Crippen molar-refractivity contribution < 1.29 is 23.2 Å². The molecule has 2 aromatic carbocycles. The lowest BCUT2D eigenvalue weighted by Gasteiger charge is -2.29. The first kappa shape index (κ1) is 19.7. The van der Waals surface area contributed by atoms with E-state index < -0.39 is 37.5 Å². The molecule has 0 spiro atoms. The van der Waals surface area contributed by atoms with Gasteiger partial charge < -0.3 is 5.11 Å². The topological polar surface area (TPSA) is 118 Å². The molecule has 0 bridgehead atoms. The Hall–Kier alpha value is -2.65. The van der Waals surface area contributed by atoms with Gasteiger partial charge in [-0.3, -0.25) is 14.4 Å². The monoisotopic (exact) mass is 398 g/mol. The predicted molar refractivity (Wildman–Crippen MR) is 96.0 cm³/mol. The third-order valence-electron chi connectivity index (χ3n) is 3.78. The molecule has 0 fully saturated rings. The minimum Gasteiger partial charge on any atom is -0.480 e. The minimum absolute atomic E-state index is 0.0329. The summed E-state index contributed by atoms with van der Waals surface area (Å²) in [4.78, 5) is 21.3. The average Bonchev–Trinajstić information content (AvgIpc) is 2.58. The summed E-state index contributed by atoms with van der Waals surface area (Å²) in [6.45, 7) is 2.71. The fraction of sp³-hybridized carbons (Fsp3) is 0.188. The molecule has 0 amide bonds. The van der Waals surface area contributed by atoms with Gasteiger partial charge in [-0.25, -0.2) is 13.2 Å². The van der Waals surface area contributed by atoms with Crippen LogP contribution in [0.15, 0.2) is 47.4 Å². The zero-order valence-corrected chi connectivity index (χ0v) is 15.4. The lowest BCUT2D eigenvalue weighted by molar-refractivity contribution is -0.387. The van der Waals surface area contributed by atoms with Crippen molar-refractivity contribution in [3.05, 3.63) is 63.2 Å². The summed E-state index contributed by atoms with van der Waals surface area (Å²) in [6, 6.07) is 7.64. The number of para-hydroxylation sites is 1. The Morgan fingerprint density at radius 2 is 1.85 bits per heavy atom. The SMILES string of the molecule is Cc1c(Cl)cccc1N(C(C)C(=O)O)S(=O)(=O)c1ccccc1[N+](=O)[O-]. The van der Waals surface area contributed by atoms with E-state index in [9.17, 15) is 28.4 Å². The average molecular weight is 399 g/mol. The van der Waals surface area contributed by atoms with Crippen molar-refractivity contribution in [1.82, 2.24) is 0 Å². The number of hydrogen-bond donors (Lipinski definition) is 1. The zero-order chi connectivity index (χ0) is 19.6. The number of rotatable bonds is 6. The van der Waals surface area contributed by atoms with Gasteiger partial charge in [0.1, 0.15) is 6.04 Å². The van der Waals surface area contributed by atoms with Gasteiger partial charge in [0, 0.05) is 11.1 Å². The van der Waals surface area contributed by atoms with Crippen LogP contribution in [0.1, 0.15) is 12.5 Å². The van der Waals surface area contributed by atoms with Crippen LogP contribution in [0, 0.1) is 17.0 Å². The van der Waals surface area contributed by atoms with E-state index >= 15 is 0 Å². The lowest BCUT2D eigenvalue weighted by atomic mass is 10.2. The van der Waals surface area contributed by atoms with Crippen LogP contribution in [-0.2, 0) is 14.8 Å². The molecule has 0 aromatic heterocycles. The summed E-state index contributed by atoms with van der Waals surface area (Å²) < 4.78 is 27.0. The molecule has 2 aromatic rings. The Morgan fingerprint density at radius 3 is 2.42 bits per heavy atom. The Bertz CT molecular complexity index is 976. The fourth-order valence-electron chi connectivity index (χ4n) is 2.41. The number of carbonyl (C=O) groups is 1. The summed E-state index contributed by atoms with van der Waals surface area (Å²) in [5.74, 6) is -1.41. The molecule has 8 nitrogen and oxygen atoms in total. The number of nitro benzene ring substituents is 1. The second-order valence-electron chi connectivity index (χ2n) is 5.42. The maximum Gasteiger partial charge on any atom is 0.327 e. The maximum absolute atomic E-state index is 13.2. The van der Waals surface area contributed by atoms with Crippen LogP contribution in [0.4, 0.5) is 11.4 Å². The molecule has 0 saturated heterocycles. The largest absolute Gasteiger partial charge is 0.480 e. The number of benzene rings is 2.